The van der Waals surface area contributed by atoms with Crippen LogP contribution in [-0.2, 0) is 4.79 Å². The zero-order valence-corrected chi connectivity index (χ0v) is 11.7. The van der Waals surface area contributed by atoms with Crippen molar-refractivity contribution in [2.45, 2.75) is 31.2 Å². The third-order valence-electron chi connectivity index (χ3n) is 3.12. The molecule has 2 N–H and O–H groups in total. The molecule has 0 radical (unpaired) electrons. The van der Waals surface area contributed by atoms with Crippen molar-refractivity contribution < 1.29 is 14.7 Å². The molecule has 7 heteroatoms. The van der Waals surface area contributed by atoms with Gasteiger partial charge >= 0.3 is 5.97 Å². The van der Waals surface area contributed by atoms with Crippen molar-refractivity contribution in [1.29, 1.82) is 0 Å². The monoisotopic (exact) mass is 307 g/mol. The number of aliphatic carboxylic acids is 1. The van der Waals surface area contributed by atoms with E-state index in [1.807, 2.05) is 0 Å². The molecule has 1 aliphatic carbocycles. The first-order chi connectivity index (χ1) is 8.44. The molecule has 0 atom stereocenters. The van der Waals surface area contributed by atoms with Crippen LogP contribution in [0.25, 0.3) is 0 Å². The van der Waals surface area contributed by atoms with E-state index in [1.165, 1.54) is 6.07 Å². The fourth-order valence-corrected chi connectivity index (χ4v) is 3.61. The first-order valence-electron chi connectivity index (χ1n) is 5.45. The highest BCUT2D eigenvalue weighted by Crippen LogP contribution is 2.34. The van der Waals surface area contributed by atoms with Crippen molar-refractivity contribution in [2.75, 3.05) is 0 Å². The molecule has 0 saturated heterocycles. The lowest BCUT2D eigenvalue weighted by Crippen LogP contribution is -2.52. The van der Waals surface area contributed by atoms with Gasteiger partial charge in [0.25, 0.3) is 5.91 Å². The molecule has 0 unspecified atom stereocenters. The van der Waals surface area contributed by atoms with Gasteiger partial charge in [-0.1, -0.05) is 36.0 Å². The van der Waals surface area contributed by atoms with Gasteiger partial charge in [0.1, 0.15) is 9.88 Å². The maximum Gasteiger partial charge on any atom is 0.329 e. The number of thiophene rings is 1. The molecular weight excluding hydrogens is 297 g/mol. The van der Waals surface area contributed by atoms with Crippen molar-refractivity contribution in [3.8, 4) is 0 Å². The molecule has 98 valence electrons. The molecule has 0 spiro atoms. The largest absolute Gasteiger partial charge is 0.480 e. The summed E-state index contributed by atoms with van der Waals surface area (Å²) in [6.07, 6.45) is 2.49. The minimum atomic E-state index is -1.16. The van der Waals surface area contributed by atoms with Crippen LogP contribution in [0, 0.1) is 0 Å². The lowest BCUT2D eigenvalue weighted by atomic mass is 9.97. The Morgan fingerprint density at radius 1 is 1.33 bits per heavy atom. The average Bonchev–Trinajstić information content (AvgIpc) is 2.86. The lowest BCUT2D eigenvalue weighted by Gasteiger charge is -2.25. The number of rotatable bonds is 3. The number of carboxylic acid groups (broad SMARTS) is 1. The summed E-state index contributed by atoms with van der Waals surface area (Å²) in [6, 6.07) is 1.45. The maximum atomic E-state index is 12.0. The molecule has 1 saturated carbocycles. The summed E-state index contributed by atoms with van der Waals surface area (Å²) in [4.78, 5) is 23.3. The second-order valence-electron chi connectivity index (χ2n) is 4.29. The molecule has 0 bridgehead atoms. The predicted octanol–water partition coefficient (Wildman–Crippen LogP) is 3.18. The van der Waals surface area contributed by atoms with Crippen LogP contribution in [0.15, 0.2) is 6.07 Å². The first-order valence-corrected chi connectivity index (χ1v) is 7.02. The molecule has 1 fully saturated rings. The lowest BCUT2D eigenvalue weighted by molar-refractivity contribution is -0.144. The number of carbonyl (C=O) groups is 2. The van der Waals surface area contributed by atoms with Gasteiger partial charge in [0.15, 0.2) is 0 Å². The second-order valence-corrected chi connectivity index (χ2v) is 6.57. The van der Waals surface area contributed by atoms with Crippen molar-refractivity contribution in [1.82, 2.24) is 5.32 Å². The Morgan fingerprint density at radius 2 is 1.94 bits per heavy atom. The Kier molecular flexibility index (Phi) is 3.84. The normalized spacial score (nSPS) is 17.7. The highest BCUT2D eigenvalue weighted by Gasteiger charge is 2.43. The fraction of sp³-hybridized carbons (Fsp3) is 0.455. The molecule has 1 aromatic heterocycles. The Balaban J connectivity index is 2.20. The summed E-state index contributed by atoms with van der Waals surface area (Å²) in [5.74, 6) is -1.47. The fourth-order valence-electron chi connectivity index (χ4n) is 2.15. The van der Waals surface area contributed by atoms with E-state index in [0.29, 0.717) is 17.2 Å². The summed E-state index contributed by atoms with van der Waals surface area (Å²) < 4.78 is 0.678. The van der Waals surface area contributed by atoms with Crippen molar-refractivity contribution >= 4 is 46.4 Å². The Hall–Kier alpha value is -0.780. The molecule has 0 aromatic carbocycles. The third-order valence-corrected chi connectivity index (χ3v) is 4.61. The van der Waals surface area contributed by atoms with Gasteiger partial charge in [-0.25, -0.2) is 4.79 Å². The van der Waals surface area contributed by atoms with Gasteiger partial charge in [0.05, 0.1) is 9.90 Å². The van der Waals surface area contributed by atoms with Gasteiger partial charge in [-0.3, -0.25) is 4.79 Å². The van der Waals surface area contributed by atoms with Gasteiger partial charge in [0.2, 0.25) is 0 Å². The van der Waals surface area contributed by atoms with E-state index in [4.69, 9.17) is 23.2 Å². The minimum absolute atomic E-state index is 0.235. The summed E-state index contributed by atoms with van der Waals surface area (Å²) >= 11 is 12.7. The SMILES string of the molecule is O=C(NC1(C(=O)O)CCCC1)c1cc(Cl)sc1Cl. The summed E-state index contributed by atoms with van der Waals surface area (Å²) in [6.45, 7) is 0. The van der Waals surface area contributed by atoms with Gasteiger partial charge < -0.3 is 10.4 Å². The summed E-state index contributed by atoms with van der Waals surface area (Å²) in [7, 11) is 0. The third kappa shape index (κ3) is 2.48. The molecule has 1 aliphatic rings. The maximum absolute atomic E-state index is 12.0. The zero-order valence-electron chi connectivity index (χ0n) is 9.33. The van der Waals surface area contributed by atoms with Crippen LogP contribution in [-0.4, -0.2) is 22.5 Å². The number of hydrogen-bond acceptors (Lipinski definition) is 3. The van der Waals surface area contributed by atoms with Gasteiger partial charge in [-0.05, 0) is 18.9 Å². The Labute approximate surface area is 118 Å². The van der Waals surface area contributed by atoms with Gasteiger partial charge in [0, 0.05) is 0 Å². The number of halogens is 2. The number of carboxylic acids is 1. The van der Waals surface area contributed by atoms with Crippen LogP contribution < -0.4 is 5.32 Å². The van der Waals surface area contributed by atoms with E-state index in [0.717, 1.165) is 24.2 Å². The zero-order chi connectivity index (χ0) is 13.3. The topological polar surface area (TPSA) is 66.4 Å². The first kappa shape index (κ1) is 13.6. The number of amides is 1. The number of hydrogen-bond donors (Lipinski definition) is 2. The van der Waals surface area contributed by atoms with Crippen LogP contribution in [0.2, 0.25) is 8.67 Å². The predicted molar refractivity (Wildman–Crippen MR) is 70.6 cm³/mol. The molecule has 0 aliphatic heterocycles. The average molecular weight is 308 g/mol. The number of nitrogens with one attached hydrogen (secondary N) is 1. The van der Waals surface area contributed by atoms with E-state index >= 15 is 0 Å². The van der Waals surface area contributed by atoms with Gasteiger partial charge in [-0.2, -0.15) is 0 Å². The van der Waals surface area contributed by atoms with Crippen molar-refractivity contribution in [2.24, 2.45) is 0 Å². The van der Waals surface area contributed by atoms with Crippen LogP contribution in [0.3, 0.4) is 0 Å². The number of carbonyl (C=O) groups excluding carboxylic acids is 1. The van der Waals surface area contributed by atoms with E-state index in [-0.39, 0.29) is 9.90 Å². The van der Waals surface area contributed by atoms with Crippen LogP contribution in [0.1, 0.15) is 36.0 Å². The highest BCUT2D eigenvalue weighted by molar-refractivity contribution is 7.20. The highest BCUT2D eigenvalue weighted by atomic mass is 35.5. The standard InChI is InChI=1S/C11H11Cl2NO3S/c12-7-5-6(8(13)18-7)9(15)14-11(10(16)17)3-1-2-4-11/h5H,1-4H2,(H,14,15)(H,16,17). The van der Waals surface area contributed by atoms with E-state index in [9.17, 15) is 14.7 Å². The van der Waals surface area contributed by atoms with Crippen LogP contribution in [0.4, 0.5) is 0 Å². The van der Waals surface area contributed by atoms with Crippen molar-refractivity contribution in [3.05, 3.63) is 20.3 Å². The van der Waals surface area contributed by atoms with Crippen molar-refractivity contribution in [3.63, 3.8) is 0 Å². The molecule has 1 amide bonds. The molecule has 4 nitrogen and oxygen atoms in total. The molecular formula is C11H11Cl2NO3S. The minimum Gasteiger partial charge on any atom is -0.480 e. The van der Waals surface area contributed by atoms with Gasteiger partial charge in [-0.15, -0.1) is 11.3 Å². The van der Waals surface area contributed by atoms with Crippen LogP contribution in [0.5, 0.6) is 0 Å². The van der Waals surface area contributed by atoms with E-state index < -0.39 is 17.4 Å². The molecule has 2 rings (SSSR count). The summed E-state index contributed by atoms with van der Waals surface area (Å²) in [5, 5.41) is 11.9. The van der Waals surface area contributed by atoms with E-state index in [2.05, 4.69) is 5.32 Å². The Bertz CT molecular complexity index is 494. The van der Waals surface area contributed by atoms with Crippen LogP contribution >= 0.6 is 34.5 Å². The molecule has 1 heterocycles. The molecule has 18 heavy (non-hydrogen) atoms. The molecule has 1 aromatic rings. The Morgan fingerprint density at radius 3 is 2.39 bits per heavy atom. The smallest absolute Gasteiger partial charge is 0.329 e. The van der Waals surface area contributed by atoms with E-state index in [1.54, 1.807) is 0 Å². The quantitative estimate of drug-likeness (QED) is 0.901. The second kappa shape index (κ2) is 5.07. The summed E-state index contributed by atoms with van der Waals surface area (Å²) in [5.41, 5.74) is -0.923.